The molecule has 34 heteroatoms. The number of rotatable bonds is 49. The Morgan fingerprint density at radius 2 is 0.899 bits per heavy atom. The van der Waals surface area contributed by atoms with E-state index in [1.54, 1.807) is 71.9 Å². The Balaban J connectivity index is 1.41. The molecule has 12 amide bonds. The Morgan fingerprint density at radius 1 is 0.440 bits per heavy atom. The molecule has 0 heterocycles. The summed E-state index contributed by atoms with van der Waals surface area (Å²) in [4.78, 5) is 201. The van der Waals surface area contributed by atoms with Crippen molar-refractivity contribution in [1.82, 2.24) is 63.8 Å². The molecule has 109 heavy (non-hydrogen) atoms. The van der Waals surface area contributed by atoms with Gasteiger partial charge in [-0.15, -0.1) is 0 Å². The van der Waals surface area contributed by atoms with Crippen molar-refractivity contribution in [3.05, 3.63) is 95.6 Å². The van der Waals surface area contributed by atoms with E-state index < -0.39 is 194 Å². The molecule has 3 aromatic carbocycles. The van der Waals surface area contributed by atoms with E-state index in [2.05, 4.69) is 63.8 Å². The van der Waals surface area contributed by atoms with Crippen LogP contribution in [0.2, 0.25) is 0 Å². The van der Waals surface area contributed by atoms with Crippen molar-refractivity contribution in [2.24, 2.45) is 23.5 Å². The van der Waals surface area contributed by atoms with Gasteiger partial charge in [-0.2, -0.15) is 0 Å². The topological polar surface area (TPSA) is 537 Å². The second kappa shape index (κ2) is 46.6. The average Bonchev–Trinajstić information content (AvgIpc) is 1.62. The summed E-state index contributed by atoms with van der Waals surface area (Å²) in [5, 5.41) is 79.1. The first-order valence-corrected chi connectivity index (χ1v) is 36.8. The molecule has 0 saturated carbocycles. The van der Waals surface area contributed by atoms with Crippen LogP contribution in [-0.4, -0.2) is 214 Å². The summed E-state index contributed by atoms with van der Waals surface area (Å²) in [6.07, 6.45) is -1.28. The third-order valence-electron chi connectivity index (χ3n) is 18.1. The van der Waals surface area contributed by atoms with Gasteiger partial charge in [0.05, 0.1) is 19.6 Å². The Morgan fingerprint density at radius 3 is 1.41 bits per heavy atom. The number of ether oxygens (including phenoxy) is 1. The number of carboxylic acid groups (broad SMARTS) is 3. The zero-order chi connectivity index (χ0) is 81.0. The second-order valence-electron chi connectivity index (χ2n) is 27.9. The third-order valence-corrected chi connectivity index (χ3v) is 18.1. The van der Waals surface area contributed by atoms with Gasteiger partial charge >= 0.3 is 24.0 Å². The van der Waals surface area contributed by atoms with E-state index in [0.717, 1.165) is 22.3 Å². The van der Waals surface area contributed by atoms with Crippen molar-refractivity contribution in [2.45, 2.75) is 218 Å². The first-order valence-electron chi connectivity index (χ1n) is 36.8. The van der Waals surface area contributed by atoms with Crippen molar-refractivity contribution in [3.63, 3.8) is 0 Å². The predicted molar refractivity (Wildman–Crippen MR) is 396 cm³/mol. The van der Waals surface area contributed by atoms with Gasteiger partial charge in [0.2, 0.25) is 65.0 Å². The van der Waals surface area contributed by atoms with Crippen LogP contribution in [0.3, 0.4) is 0 Å². The van der Waals surface area contributed by atoms with Gasteiger partial charge in [-0.05, 0) is 117 Å². The van der Waals surface area contributed by atoms with Crippen molar-refractivity contribution in [3.8, 4) is 11.1 Å². The van der Waals surface area contributed by atoms with Crippen LogP contribution < -0.4 is 69.5 Å². The Hall–Kier alpha value is -10.6. The smallest absolute Gasteiger partial charge is 0.407 e. The summed E-state index contributed by atoms with van der Waals surface area (Å²) in [6.45, 7) is 11.1. The fraction of sp³-hybridized carbons (Fsp3) is 0.560. The Kier molecular flexibility index (Phi) is 38.8. The minimum absolute atomic E-state index is 0.00968. The molecule has 4 rings (SSSR count). The highest BCUT2D eigenvalue weighted by Gasteiger charge is 2.38. The monoisotopic (exact) mass is 1530 g/mol. The average molecular weight is 1530 g/mol. The van der Waals surface area contributed by atoms with Crippen LogP contribution in [0, 0.1) is 17.8 Å². The van der Waals surface area contributed by atoms with Crippen LogP contribution in [0.5, 0.6) is 0 Å². The standard InChI is InChI=1S/C75H109N13O21/c1-9-43(6)63(73(105)78-44(7)64(96)86-58(38-89)71(103)81-52(28-19-20-32-76)65(97)83-54(34-41(2)3)67(99)79-45(8)74(106)107)88-70(102)56(36-46-22-12-10-13-23-46)85-66(98)53(30-31-61(92)93)82-68(100)55(35-42(4)5)84-72(104)59(39-90)87-69(101)57(37-62(94)95)80-60(91)29-14-11-21-33-77-75(108)109-40-51-49-26-17-15-24-47(49)48-25-16-18-27-50(48)51/h10,12-13,15-18,22-27,41-45,51-59,63,89-90H,9,11,14,19-21,28-40,76H2,1-8H3,(H,77,108)(H,78,105)(H,79,99)(H,80,91)(H,81,103)(H,82,100)(H,83,97)(H,84,104)(H,85,98)(H,86,96)(H,87,101)(H,88,102)(H,92,93)(H,94,95)(H,106,107)/t43-,44-,45-,52-,53-,54-,55-,56-,57-,58-,59-,63-/m0/s1. The van der Waals surface area contributed by atoms with Gasteiger partial charge in [-0.3, -0.25) is 67.1 Å². The lowest BCUT2D eigenvalue weighted by Gasteiger charge is -2.29. The number of aliphatic carboxylic acids is 3. The number of benzene rings is 3. The summed E-state index contributed by atoms with van der Waals surface area (Å²) < 4.78 is 5.58. The molecule has 0 aliphatic heterocycles. The number of carbonyl (C=O) groups excluding carboxylic acids is 12. The fourth-order valence-corrected chi connectivity index (χ4v) is 11.9. The summed E-state index contributed by atoms with van der Waals surface area (Å²) >= 11 is 0. The lowest BCUT2D eigenvalue weighted by atomic mass is 9.96. The SMILES string of the molecule is CC[C@H](C)[C@H](NC(=O)[C@H](Cc1ccccc1)NC(=O)[C@H](CCC(=O)O)NC(=O)[C@H](CC(C)C)NC(=O)[C@H](CO)NC(=O)[C@H](CC(=O)O)NC(=O)CCCCCNC(=O)OCC1c2ccccc2-c2ccccc21)C(=O)N[C@@H](C)C(=O)N[C@@H](CO)C(=O)N[C@@H](CCCCN)C(=O)N[C@@H](CC(C)C)C(=O)N[C@@H](C)C(=O)O. The maximum atomic E-state index is 14.6. The first-order chi connectivity index (χ1) is 51.7. The van der Waals surface area contributed by atoms with Gasteiger partial charge in [0.15, 0.2) is 0 Å². The number of aliphatic hydroxyl groups excluding tert-OH is 2. The third kappa shape index (κ3) is 30.9. The number of unbranched alkanes of at least 4 members (excludes halogenated alkanes) is 3. The molecule has 19 N–H and O–H groups in total. The highest BCUT2D eigenvalue weighted by Crippen LogP contribution is 2.44. The van der Waals surface area contributed by atoms with E-state index in [1.165, 1.54) is 13.8 Å². The van der Waals surface area contributed by atoms with E-state index >= 15 is 0 Å². The highest BCUT2D eigenvalue weighted by atomic mass is 16.5. The van der Waals surface area contributed by atoms with E-state index in [4.69, 9.17) is 10.5 Å². The zero-order valence-electron chi connectivity index (χ0n) is 62.9. The predicted octanol–water partition coefficient (Wildman–Crippen LogP) is 0.377. The Labute approximate surface area is 633 Å². The molecule has 0 radical (unpaired) electrons. The maximum Gasteiger partial charge on any atom is 0.407 e. The molecule has 0 saturated heterocycles. The zero-order valence-corrected chi connectivity index (χ0v) is 62.9. The Bertz CT molecular complexity index is 3550. The summed E-state index contributed by atoms with van der Waals surface area (Å²) in [5.41, 5.74) is 10.4. The number of carboxylic acids is 3. The van der Waals surface area contributed by atoms with Gasteiger partial charge in [0, 0.05) is 31.7 Å². The molecule has 0 fully saturated rings. The molecule has 1 aliphatic rings. The normalized spacial score (nSPS) is 14.9. The summed E-state index contributed by atoms with van der Waals surface area (Å²) in [5.74, 6) is -16.4. The largest absolute Gasteiger partial charge is 0.481 e. The van der Waals surface area contributed by atoms with Crippen LogP contribution in [0.25, 0.3) is 11.1 Å². The van der Waals surface area contributed by atoms with E-state index in [1.807, 2.05) is 48.5 Å². The second-order valence-corrected chi connectivity index (χ2v) is 27.9. The van der Waals surface area contributed by atoms with Gasteiger partial charge in [0.25, 0.3) is 0 Å². The molecule has 3 aromatic rings. The van der Waals surface area contributed by atoms with Crippen molar-refractivity contribution < 1.29 is 102 Å². The minimum atomic E-state index is -1.86. The molecule has 0 aromatic heterocycles. The molecule has 0 unspecified atom stereocenters. The number of alkyl carbamates (subject to hydrolysis) is 1. The number of amides is 12. The van der Waals surface area contributed by atoms with Crippen molar-refractivity contribution in [1.29, 1.82) is 0 Å². The van der Waals surface area contributed by atoms with Crippen LogP contribution in [-0.2, 0) is 78.3 Å². The highest BCUT2D eigenvalue weighted by molar-refractivity contribution is 6.00. The molecular formula is C75H109N13O21. The van der Waals surface area contributed by atoms with E-state index in [0.29, 0.717) is 31.2 Å². The van der Waals surface area contributed by atoms with Crippen LogP contribution >= 0.6 is 0 Å². The number of carbonyl (C=O) groups is 15. The van der Waals surface area contributed by atoms with E-state index in [9.17, 15) is 97.5 Å². The number of aliphatic hydroxyl groups is 2. The lowest BCUT2D eigenvalue weighted by Crippen LogP contribution is -2.61. The molecule has 1 aliphatic carbocycles. The van der Waals surface area contributed by atoms with E-state index in [-0.39, 0.29) is 82.4 Å². The fourth-order valence-electron chi connectivity index (χ4n) is 11.9. The molecular weight excluding hydrogens is 1420 g/mol. The first kappa shape index (κ1) is 90.8. The van der Waals surface area contributed by atoms with Crippen LogP contribution in [0.4, 0.5) is 4.79 Å². The molecule has 12 atom stereocenters. The van der Waals surface area contributed by atoms with Gasteiger partial charge in [0.1, 0.15) is 73.1 Å². The number of hydrogen-bond donors (Lipinski definition) is 18. The van der Waals surface area contributed by atoms with Gasteiger partial charge in [-0.1, -0.05) is 133 Å². The molecule has 0 spiro atoms. The number of nitrogens with two attached hydrogens (primary N) is 1. The molecule has 600 valence electrons. The number of hydrogen-bond acceptors (Lipinski definition) is 19. The van der Waals surface area contributed by atoms with Gasteiger partial charge in [-0.25, -0.2) is 4.79 Å². The van der Waals surface area contributed by atoms with Crippen LogP contribution in [0.15, 0.2) is 78.9 Å². The number of nitrogens with one attached hydrogen (secondary N) is 12. The van der Waals surface area contributed by atoms with Gasteiger partial charge < -0.3 is 99.8 Å². The van der Waals surface area contributed by atoms with Crippen molar-refractivity contribution in [2.75, 3.05) is 32.9 Å². The summed E-state index contributed by atoms with van der Waals surface area (Å²) in [6, 6.07) is 7.01. The maximum absolute atomic E-state index is 14.6. The van der Waals surface area contributed by atoms with Crippen LogP contribution in [0.1, 0.15) is 161 Å². The molecule has 34 nitrogen and oxygen atoms in total. The lowest BCUT2D eigenvalue weighted by molar-refractivity contribution is -0.142. The summed E-state index contributed by atoms with van der Waals surface area (Å²) in [7, 11) is 0. The van der Waals surface area contributed by atoms with Crippen molar-refractivity contribution >= 4 is 89.0 Å². The minimum Gasteiger partial charge on any atom is -0.481 e. The quantitative estimate of drug-likeness (QED) is 0.0340. The number of fused-ring (bicyclic) bond motifs is 3. The molecule has 0 bridgehead atoms.